The average Bonchev–Trinajstić information content (AvgIpc) is 3.57. The van der Waals surface area contributed by atoms with Gasteiger partial charge in [-0.1, -0.05) is 0 Å². The Morgan fingerprint density at radius 3 is 2.36 bits per heavy atom. The normalized spacial score (nSPS) is 12.8. The predicted octanol–water partition coefficient (Wildman–Crippen LogP) is 0.993. The van der Waals surface area contributed by atoms with Crippen molar-refractivity contribution in [3.8, 4) is 5.88 Å². The third-order valence-corrected chi connectivity index (χ3v) is 4.14. The third-order valence-electron chi connectivity index (χ3n) is 4.14. The highest BCUT2D eigenvalue weighted by Gasteiger charge is 2.29. The Hall–Kier alpha value is -3.49. The summed E-state index contributed by atoms with van der Waals surface area (Å²) in [6.07, 6.45) is 3.12. The Morgan fingerprint density at radius 2 is 1.71 bits per heavy atom. The molecule has 3 amide bonds. The number of carbonyl (C=O) groups excluding carboxylic acids is 3. The molecular formula is C19H21N5O4. The molecule has 2 aromatic rings. The van der Waals surface area contributed by atoms with Gasteiger partial charge in [0.15, 0.2) is 0 Å². The minimum atomic E-state index is -0.384. The molecule has 9 nitrogen and oxygen atoms in total. The second-order valence-corrected chi connectivity index (χ2v) is 6.30. The fourth-order valence-electron chi connectivity index (χ4n) is 2.41. The number of carbonyl (C=O) groups is 3. The first-order valence-corrected chi connectivity index (χ1v) is 8.90. The molecule has 0 saturated heterocycles. The van der Waals surface area contributed by atoms with Crippen LogP contribution in [0, 0.1) is 5.92 Å². The number of benzene rings is 1. The summed E-state index contributed by atoms with van der Waals surface area (Å²) in [4.78, 5) is 43.6. The summed E-state index contributed by atoms with van der Waals surface area (Å²) in [5, 5.41) is 8.20. The highest BCUT2D eigenvalue weighted by Crippen LogP contribution is 2.30. The number of hydrogen-bond acceptors (Lipinski definition) is 6. The molecule has 0 spiro atoms. The molecule has 0 atom stereocenters. The van der Waals surface area contributed by atoms with Crippen LogP contribution in [0.3, 0.4) is 0 Å². The maximum Gasteiger partial charge on any atom is 0.270 e. The summed E-state index contributed by atoms with van der Waals surface area (Å²) >= 11 is 0. The number of anilines is 1. The molecule has 3 rings (SSSR count). The van der Waals surface area contributed by atoms with Crippen molar-refractivity contribution in [1.82, 2.24) is 20.6 Å². The van der Waals surface area contributed by atoms with Crippen LogP contribution in [-0.2, 0) is 4.79 Å². The van der Waals surface area contributed by atoms with Crippen LogP contribution >= 0.6 is 0 Å². The first-order valence-electron chi connectivity index (χ1n) is 8.90. The van der Waals surface area contributed by atoms with E-state index < -0.39 is 0 Å². The first kappa shape index (κ1) is 19.3. The molecule has 1 saturated carbocycles. The third kappa shape index (κ3) is 5.26. The lowest BCUT2D eigenvalue weighted by atomic mass is 10.2. The molecule has 146 valence electrons. The van der Waals surface area contributed by atoms with E-state index in [0.717, 1.165) is 12.8 Å². The van der Waals surface area contributed by atoms with Crippen LogP contribution in [0.15, 0.2) is 36.7 Å². The molecule has 1 fully saturated rings. The van der Waals surface area contributed by atoms with Crippen LogP contribution in [0.4, 0.5) is 5.69 Å². The zero-order valence-corrected chi connectivity index (χ0v) is 15.4. The molecule has 0 unspecified atom stereocenters. The zero-order valence-electron chi connectivity index (χ0n) is 15.4. The van der Waals surface area contributed by atoms with Gasteiger partial charge in [0, 0.05) is 36.3 Å². The van der Waals surface area contributed by atoms with Crippen LogP contribution in [0.5, 0.6) is 5.88 Å². The molecule has 3 N–H and O–H groups in total. The zero-order chi connectivity index (χ0) is 19.9. The SMILES string of the molecule is COc1cc(C(=O)NCCNC(=O)c2ccc(NC(=O)C3CC3)cc2)ncn1. The van der Waals surface area contributed by atoms with Crippen LogP contribution in [0.2, 0.25) is 0 Å². The number of hydrogen-bond donors (Lipinski definition) is 3. The van der Waals surface area contributed by atoms with Gasteiger partial charge in [-0.15, -0.1) is 0 Å². The highest BCUT2D eigenvalue weighted by atomic mass is 16.5. The van der Waals surface area contributed by atoms with E-state index in [1.165, 1.54) is 19.5 Å². The van der Waals surface area contributed by atoms with Gasteiger partial charge < -0.3 is 20.7 Å². The number of ether oxygens (including phenoxy) is 1. The van der Waals surface area contributed by atoms with Crippen LogP contribution in [0.25, 0.3) is 0 Å². The van der Waals surface area contributed by atoms with Gasteiger partial charge in [-0.05, 0) is 37.1 Å². The van der Waals surface area contributed by atoms with Crippen LogP contribution < -0.4 is 20.7 Å². The molecule has 1 aliphatic rings. The van der Waals surface area contributed by atoms with Crippen molar-refractivity contribution >= 4 is 23.4 Å². The minimum Gasteiger partial charge on any atom is -0.481 e. The summed E-state index contributed by atoms with van der Waals surface area (Å²) in [5.41, 5.74) is 1.32. The van der Waals surface area contributed by atoms with Gasteiger partial charge >= 0.3 is 0 Å². The van der Waals surface area contributed by atoms with E-state index in [4.69, 9.17) is 4.74 Å². The van der Waals surface area contributed by atoms with Gasteiger partial charge in [0.25, 0.3) is 11.8 Å². The molecule has 1 heterocycles. The summed E-state index contributed by atoms with van der Waals surface area (Å²) in [5.74, 6) is -0.204. The predicted molar refractivity (Wildman–Crippen MR) is 101 cm³/mol. The van der Waals surface area contributed by atoms with Crippen molar-refractivity contribution in [2.75, 3.05) is 25.5 Å². The number of rotatable bonds is 8. The number of nitrogens with zero attached hydrogens (tertiary/aromatic N) is 2. The summed E-state index contributed by atoms with van der Waals surface area (Å²) in [7, 11) is 1.45. The average molecular weight is 383 g/mol. The molecule has 0 bridgehead atoms. The Bertz CT molecular complexity index is 865. The van der Waals surface area contributed by atoms with Crippen LogP contribution in [-0.4, -0.2) is 47.9 Å². The largest absolute Gasteiger partial charge is 0.481 e. The van der Waals surface area contributed by atoms with E-state index in [1.807, 2.05) is 0 Å². The monoisotopic (exact) mass is 383 g/mol. The van der Waals surface area contributed by atoms with E-state index in [1.54, 1.807) is 24.3 Å². The number of amides is 3. The first-order chi connectivity index (χ1) is 13.6. The number of aromatic nitrogens is 2. The van der Waals surface area contributed by atoms with Crippen molar-refractivity contribution in [1.29, 1.82) is 0 Å². The van der Waals surface area contributed by atoms with E-state index in [2.05, 4.69) is 25.9 Å². The fraction of sp³-hybridized carbons (Fsp3) is 0.316. The van der Waals surface area contributed by atoms with Crippen molar-refractivity contribution in [3.05, 3.63) is 47.9 Å². The van der Waals surface area contributed by atoms with E-state index in [9.17, 15) is 14.4 Å². The Balaban J connectivity index is 1.41. The molecule has 0 radical (unpaired) electrons. The second kappa shape index (κ2) is 8.94. The van der Waals surface area contributed by atoms with E-state index in [-0.39, 0.29) is 42.4 Å². The fourth-order valence-corrected chi connectivity index (χ4v) is 2.41. The van der Waals surface area contributed by atoms with E-state index in [0.29, 0.717) is 17.1 Å². The van der Waals surface area contributed by atoms with Gasteiger partial charge in [0.05, 0.1) is 7.11 Å². The van der Waals surface area contributed by atoms with Crippen molar-refractivity contribution < 1.29 is 19.1 Å². The number of nitrogens with one attached hydrogen (secondary N) is 3. The lowest BCUT2D eigenvalue weighted by Gasteiger charge is -2.08. The van der Waals surface area contributed by atoms with Crippen molar-refractivity contribution in [2.45, 2.75) is 12.8 Å². The lowest BCUT2D eigenvalue weighted by molar-refractivity contribution is -0.117. The maximum atomic E-state index is 12.1. The van der Waals surface area contributed by atoms with E-state index >= 15 is 0 Å². The molecule has 0 aliphatic heterocycles. The second-order valence-electron chi connectivity index (χ2n) is 6.30. The van der Waals surface area contributed by atoms with Gasteiger partial charge in [-0.2, -0.15) is 0 Å². The molecular weight excluding hydrogens is 362 g/mol. The molecule has 1 aliphatic carbocycles. The Kier molecular flexibility index (Phi) is 6.15. The minimum absolute atomic E-state index is 0.0225. The molecule has 9 heteroatoms. The van der Waals surface area contributed by atoms with Gasteiger partial charge in [-0.3, -0.25) is 14.4 Å². The molecule has 1 aromatic carbocycles. The maximum absolute atomic E-state index is 12.1. The topological polar surface area (TPSA) is 122 Å². The summed E-state index contributed by atoms with van der Waals surface area (Å²) in [6.45, 7) is 0.499. The summed E-state index contributed by atoms with van der Waals surface area (Å²) < 4.78 is 4.94. The lowest BCUT2D eigenvalue weighted by Crippen LogP contribution is -2.35. The highest BCUT2D eigenvalue weighted by molar-refractivity contribution is 5.97. The number of methoxy groups -OCH3 is 1. The van der Waals surface area contributed by atoms with Crippen molar-refractivity contribution in [3.63, 3.8) is 0 Å². The van der Waals surface area contributed by atoms with Crippen molar-refractivity contribution in [2.24, 2.45) is 5.92 Å². The quantitative estimate of drug-likeness (QED) is 0.585. The molecule has 28 heavy (non-hydrogen) atoms. The smallest absolute Gasteiger partial charge is 0.270 e. The Morgan fingerprint density at radius 1 is 1.04 bits per heavy atom. The standard InChI is InChI=1S/C19H21N5O4/c1-28-16-10-15(22-11-23-16)19(27)21-9-8-20-17(25)12-4-6-14(7-5-12)24-18(26)13-2-3-13/h4-7,10-11,13H,2-3,8-9H2,1H3,(H,20,25)(H,21,27)(H,24,26). The Labute approximate surface area is 161 Å². The van der Waals surface area contributed by atoms with Gasteiger partial charge in [0.1, 0.15) is 12.0 Å². The van der Waals surface area contributed by atoms with Gasteiger partial charge in [0.2, 0.25) is 11.8 Å². The summed E-state index contributed by atoms with van der Waals surface area (Å²) in [6, 6.07) is 8.10. The van der Waals surface area contributed by atoms with Crippen LogP contribution in [0.1, 0.15) is 33.7 Å². The molecule has 1 aromatic heterocycles. The van der Waals surface area contributed by atoms with Gasteiger partial charge in [-0.25, -0.2) is 9.97 Å².